The molecular weight excluding hydrogens is 184 g/mol. The Morgan fingerprint density at radius 1 is 1.38 bits per heavy atom. The van der Waals surface area contributed by atoms with E-state index in [1.54, 1.807) is 0 Å². The van der Waals surface area contributed by atoms with Crippen LogP contribution in [0.4, 0.5) is 0 Å². The number of hydrogen-bond acceptors (Lipinski definition) is 4. The van der Waals surface area contributed by atoms with Gasteiger partial charge in [-0.25, -0.2) is 5.01 Å². The molecule has 2 unspecified atom stereocenters. The van der Waals surface area contributed by atoms with Crippen LogP contribution in [0.5, 0.6) is 0 Å². The lowest BCUT2D eigenvalue weighted by Crippen LogP contribution is -2.50. The molecule has 4 heteroatoms. The zero-order valence-corrected chi connectivity index (χ0v) is 8.98. The molecule has 0 saturated carbocycles. The molecule has 0 aromatic heterocycles. The third-order valence-corrected chi connectivity index (χ3v) is 3.93. The highest BCUT2D eigenvalue weighted by Gasteiger charge is 2.23. The van der Waals surface area contributed by atoms with Crippen LogP contribution in [0.1, 0.15) is 13.3 Å². The summed E-state index contributed by atoms with van der Waals surface area (Å²) in [5.74, 6) is 1.26. The average molecular weight is 202 g/mol. The van der Waals surface area contributed by atoms with Crippen molar-refractivity contribution in [2.24, 2.45) is 0 Å². The predicted octanol–water partition coefficient (Wildman–Crippen LogP) is 0.717. The largest absolute Gasteiger partial charge is 0.379 e. The molecular formula is C9H18N2OS. The first-order chi connectivity index (χ1) is 6.34. The van der Waals surface area contributed by atoms with Crippen molar-refractivity contribution in [2.75, 3.05) is 32.1 Å². The molecule has 0 bridgehead atoms. The minimum Gasteiger partial charge on any atom is -0.379 e. The summed E-state index contributed by atoms with van der Waals surface area (Å²) in [4.78, 5) is 0. The Bertz CT molecular complexity index is 159. The molecule has 1 N–H and O–H groups in total. The van der Waals surface area contributed by atoms with Gasteiger partial charge in [-0.1, -0.05) is 6.92 Å². The van der Waals surface area contributed by atoms with Gasteiger partial charge in [0, 0.05) is 30.1 Å². The summed E-state index contributed by atoms with van der Waals surface area (Å²) >= 11 is 2.07. The van der Waals surface area contributed by atoms with Crippen molar-refractivity contribution in [3.63, 3.8) is 0 Å². The maximum Gasteiger partial charge on any atom is 0.0608 e. The van der Waals surface area contributed by atoms with Crippen molar-refractivity contribution in [3.8, 4) is 0 Å². The van der Waals surface area contributed by atoms with E-state index in [1.807, 2.05) is 0 Å². The van der Waals surface area contributed by atoms with Crippen LogP contribution in [0.2, 0.25) is 0 Å². The van der Waals surface area contributed by atoms with Gasteiger partial charge in [-0.3, -0.25) is 5.43 Å². The lowest BCUT2D eigenvalue weighted by atomic mass is 10.2. The standard InChI is InChI=1S/C9H18N2OS/c1-8-6-9(7-13-8)10-11-2-4-12-5-3-11/h8-10H,2-7H2,1H3. The van der Waals surface area contributed by atoms with E-state index in [0.29, 0.717) is 6.04 Å². The van der Waals surface area contributed by atoms with Gasteiger partial charge in [-0.05, 0) is 6.42 Å². The monoisotopic (exact) mass is 202 g/mol. The Kier molecular flexibility index (Phi) is 3.49. The third-order valence-electron chi connectivity index (χ3n) is 2.57. The summed E-state index contributed by atoms with van der Waals surface area (Å²) in [7, 11) is 0. The molecule has 76 valence electrons. The van der Waals surface area contributed by atoms with Crippen molar-refractivity contribution in [2.45, 2.75) is 24.6 Å². The molecule has 2 aliphatic heterocycles. The zero-order valence-electron chi connectivity index (χ0n) is 8.16. The van der Waals surface area contributed by atoms with Gasteiger partial charge in [0.25, 0.3) is 0 Å². The summed E-state index contributed by atoms with van der Waals surface area (Å²) in [6.45, 7) is 6.14. The molecule has 0 amide bonds. The Morgan fingerprint density at radius 2 is 2.15 bits per heavy atom. The quantitative estimate of drug-likeness (QED) is 0.713. The number of nitrogens with one attached hydrogen (secondary N) is 1. The number of hydrazine groups is 1. The molecule has 2 atom stereocenters. The summed E-state index contributed by atoms with van der Waals surface area (Å²) in [5, 5.41) is 3.14. The van der Waals surface area contributed by atoms with E-state index in [4.69, 9.17) is 4.74 Å². The summed E-state index contributed by atoms with van der Waals surface area (Å²) in [6.07, 6.45) is 1.31. The summed E-state index contributed by atoms with van der Waals surface area (Å²) in [6, 6.07) is 0.693. The van der Waals surface area contributed by atoms with Gasteiger partial charge in [0.15, 0.2) is 0 Å². The van der Waals surface area contributed by atoms with Gasteiger partial charge in [-0.15, -0.1) is 0 Å². The molecule has 0 aliphatic carbocycles. The number of ether oxygens (including phenoxy) is 1. The highest BCUT2D eigenvalue weighted by Crippen LogP contribution is 2.26. The minimum absolute atomic E-state index is 0.693. The molecule has 0 radical (unpaired) electrons. The van der Waals surface area contributed by atoms with Crippen molar-refractivity contribution < 1.29 is 4.74 Å². The van der Waals surface area contributed by atoms with Crippen LogP contribution in [0.15, 0.2) is 0 Å². The fourth-order valence-electron chi connectivity index (χ4n) is 1.86. The SMILES string of the molecule is CC1CC(NN2CCOCC2)CS1. The van der Waals surface area contributed by atoms with Gasteiger partial charge in [0.1, 0.15) is 0 Å². The van der Waals surface area contributed by atoms with Crippen molar-refractivity contribution >= 4 is 11.8 Å². The molecule has 0 aromatic carbocycles. The van der Waals surface area contributed by atoms with Crippen LogP contribution < -0.4 is 5.43 Å². The number of rotatable bonds is 2. The lowest BCUT2D eigenvalue weighted by molar-refractivity contribution is 0.00538. The minimum atomic E-state index is 0.693. The fourth-order valence-corrected chi connectivity index (χ4v) is 3.00. The second-order valence-electron chi connectivity index (χ2n) is 3.81. The Morgan fingerprint density at radius 3 is 2.77 bits per heavy atom. The van der Waals surface area contributed by atoms with Gasteiger partial charge in [0.05, 0.1) is 13.2 Å². The first-order valence-electron chi connectivity index (χ1n) is 5.05. The van der Waals surface area contributed by atoms with Crippen LogP contribution in [-0.2, 0) is 4.74 Å². The van der Waals surface area contributed by atoms with Gasteiger partial charge < -0.3 is 4.74 Å². The molecule has 2 fully saturated rings. The van der Waals surface area contributed by atoms with Crippen LogP contribution >= 0.6 is 11.8 Å². The predicted molar refractivity (Wildman–Crippen MR) is 55.9 cm³/mol. The van der Waals surface area contributed by atoms with E-state index in [9.17, 15) is 0 Å². The smallest absolute Gasteiger partial charge is 0.0608 e. The van der Waals surface area contributed by atoms with E-state index < -0.39 is 0 Å². The van der Waals surface area contributed by atoms with Crippen LogP contribution in [0, 0.1) is 0 Å². The van der Waals surface area contributed by atoms with Gasteiger partial charge in [-0.2, -0.15) is 11.8 Å². The van der Waals surface area contributed by atoms with Gasteiger partial charge >= 0.3 is 0 Å². The lowest BCUT2D eigenvalue weighted by Gasteiger charge is -2.29. The van der Waals surface area contributed by atoms with E-state index in [-0.39, 0.29) is 0 Å². The Hall–Kier alpha value is 0.230. The van der Waals surface area contributed by atoms with E-state index >= 15 is 0 Å². The maximum absolute atomic E-state index is 5.30. The molecule has 0 aromatic rings. The zero-order chi connectivity index (χ0) is 9.10. The topological polar surface area (TPSA) is 24.5 Å². The molecule has 13 heavy (non-hydrogen) atoms. The number of hydrogen-bond donors (Lipinski definition) is 1. The summed E-state index contributed by atoms with van der Waals surface area (Å²) < 4.78 is 5.30. The molecule has 0 spiro atoms. The molecule has 2 aliphatic rings. The van der Waals surface area contributed by atoms with Crippen LogP contribution in [0.3, 0.4) is 0 Å². The normalized spacial score (nSPS) is 36.7. The number of morpholine rings is 1. The second-order valence-corrected chi connectivity index (χ2v) is 5.28. The Labute approximate surface area is 84.2 Å². The fraction of sp³-hybridized carbons (Fsp3) is 1.00. The highest BCUT2D eigenvalue weighted by molar-refractivity contribution is 8.00. The van der Waals surface area contributed by atoms with E-state index in [0.717, 1.165) is 31.6 Å². The second kappa shape index (κ2) is 4.64. The van der Waals surface area contributed by atoms with Crippen molar-refractivity contribution in [1.29, 1.82) is 0 Å². The number of nitrogens with zero attached hydrogens (tertiary/aromatic N) is 1. The van der Waals surface area contributed by atoms with Crippen molar-refractivity contribution in [1.82, 2.24) is 10.4 Å². The van der Waals surface area contributed by atoms with Gasteiger partial charge in [0.2, 0.25) is 0 Å². The first-order valence-corrected chi connectivity index (χ1v) is 6.10. The average Bonchev–Trinajstić information content (AvgIpc) is 2.53. The molecule has 2 saturated heterocycles. The number of thioether (sulfide) groups is 1. The highest BCUT2D eigenvalue weighted by atomic mass is 32.2. The first kappa shape index (κ1) is 9.77. The molecule has 2 heterocycles. The Balaban J connectivity index is 1.71. The maximum atomic E-state index is 5.30. The third kappa shape index (κ3) is 2.84. The molecule has 3 nitrogen and oxygen atoms in total. The van der Waals surface area contributed by atoms with Crippen LogP contribution in [0.25, 0.3) is 0 Å². The van der Waals surface area contributed by atoms with E-state index in [1.165, 1.54) is 12.2 Å². The van der Waals surface area contributed by atoms with E-state index in [2.05, 4.69) is 29.1 Å². The molecule has 2 rings (SSSR count). The van der Waals surface area contributed by atoms with Crippen LogP contribution in [-0.4, -0.2) is 48.4 Å². The summed E-state index contributed by atoms with van der Waals surface area (Å²) in [5.41, 5.74) is 3.58. The van der Waals surface area contributed by atoms with Crippen molar-refractivity contribution in [3.05, 3.63) is 0 Å².